The molecule has 4 nitrogen and oxygen atoms in total. The third kappa shape index (κ3) is 4.43. The molecule has 0 radical (unpaired) electrons. The Labute approximate surface area is 139 Å². The van der Waals surface area contributed by atoms with Gasteiger partial charge < -0.3 is 9.84 Å². The van der Waals surface area contributed by atoms with Gasteiger partial charge in [-0.2, -0.15) is 0 Å². The van der Waals surface area contributed by atoms with E-state index in [1.807, 2.05) is 24.3 Å². The van der Waals surface area contributed by atoms with E-state index < -0.39 is 0 Å². The number of thiazole rings is 1. The average Bonchev–Trinajstić information content (AvgIpc) is 3.27. The summed E-state index contributed by atoms with van der Waals surface area (Å²) in [6, 6.07) is 7.96. The molecule has 1 heterocycles. The molecule has 1 N–H and O–H groups in total. The fourth-order valence-electron chi connectivity index (χ4n) is 2.33. The highest BCUT2D eigenvalue weighted by atomic mass is 35.5. The number of aliphatic hydroxyl groups excluding tert-OH is 1. The summed E-state index contributed by atoms with van der Waals surface area (Å²) in [5.41, 5.74) is 1.06. The van der Waals surface area contributed by atoms with Crippen LogP contribution in [0.15, 0.2) is 29.6 Å². The molecule has 3 rings (SSSR count). The van der Waals surface area contributed by atoms with Crippen molar-refractivity contribution in [1.29, 1.82) is 0 Å². The van der Waals surface area contributed by atoms with Crippen molar-refractivity contribution in [3.63, 3.8) is 0 Å². The Morgan fingerprint density at radius 1 is 1.32 bits per heavy atom. The second kappa shape index (κ2) is 7.42. The van der Waals surface area contributed by atoms with E-state index in [2.05, 4.69) is 15.3 Å². The Balaban J connectivity index is 1.53. The first-order chi connectivity index (χ1) is 10.7. The predicted octanol–water partition coefficient (Wildman–Crippen LogP) is 3.33. The molecule has 1 saturated carbocycles. The molecule has 1 aromatic carbocycles. The molecule has 1 aliphatic rings. The lowest BCUT2D eigenvalue weighted by atomic mass is 10.3. The van der Waals surface area contributed by atoms with Crippen molar-refractivity contribution < 1.29 is 9.84 Å². The second-order valence-corrected chi connectivity index (χ2v) is 6.78. The summed E-state index contributed by atoms with van der Waals surface area (Å²) in [4.78, 5) is 6.92. The summed E-state index contributed by atoms with van der Waals surface area (Å²) in [6.45, 7) is 2.20. The Kier molecular flexibility index (Phi) is 5.31. The van der Waals surface area contributed by atoms with Gasteiger partial charge in [-0.05, 0) is 37.1 Å². The summed E-state index contributed by atoms with van der Waals surface area (Å²) in [7, 11) is 0. The van der Waals surface area contributed by atoms with Crippen molar-refractivity contribution in [2.24, 2.45) is 0 Å². The number of rotatable bonds is 8. The molecule has 0 aliphatic heterocycles. The molecule has 0 unspecified atom stereocenters. The minimum absolute atomic E-state index is 0.202. The largest absolute Gasteiger partial charge is 0.486 e. The van der Waals surface area contributed by atoms with E-state index in [9.17, 15) is 0 Å². The van der Waals surface area contributed by atoms with Gasteiger partial charge in [0, 0.05) is 29.5 Å². The number of aromatic nitrogens is 1. The monoisotopic (exact) mass is 338 g/mol. The van der Waals surface area contributed by atoms with Crippen LogP contribution in [0.1, 0.15) is 23.5 Å². The van der Waals surface area contributed by atoms with Crippen molar-refractivity contribution in [3.8, 4) is 5.75 Å². The Bertz CT molecular complexity index is 598. The van der Waals surface area contributed by atoms with Crippen LogP contribution >= 0.6 is 22.9 Å². The lowest BCUT2D eigenvalue weighted by Crippen LogP contribution is -2.28. The minimum Gasteiger partial charge on any atom is -0.486 e. The topological polar surface area (TPSA) is 45.6 Å². The molecule has 0 amide bonds. The molecule has 0 spiro atoms. The highest BCUT2D eigenvalue weighted by Crippen LogP contribution is 2.28. The zero-order chi connectivity index (χ0) is 15.4. The van der Waals surface area contributed by atoms with Gasteiger partial charge in [0.05, 0.1) is 12.3 Å². The molecule has 1 fully saturated rings. The zero-order valence-electron chi connectivity index (χ0n) is 12.2. The smallest absolute Gasteiger partial charge is 0.140 e. The van der Waals surface area contributed by atoms with Gasteiger partial charge in [0.25, 0.3) is 0 Å². The number of aliphatic hydroxyl groups is 1. The van der Waals surface area contributed by atoms with Gasteiger partial charge in [0.1, 0.15) is 17.4 Å². The van der Waals surface area contributed by atoms with Crippen molar-refractivity contribution in [1.82, 2.24) is 9.88 Å². The Morgan fingerprint density at radius 2 is 2.09 bits per heavy atom. The molecule has 0 atom stereocenters. The van der Waals surface area contributed by atoms with E-state index in [1.54, 1.807) is 11.3 Å². The molecule has 6 heteroatoms. The molecule has 1 aliphatic carbocycles. The maximum absolute atomic E-state index is 9.14. The standard InChI is InChI=1S/C16H19ClN2O2S/c17-12-1-5-15(6-2-12)21-10-16-18-13(11-22-16)9-19(7-8-20)14-3-4-14/h1-2,5-6,11,14,20H,3-4,7-10H2. The van der Waals surface area contributed by atoms with Gasteiger partial charge in [-0.15, -0.1) is 11.3 Å². The first kappa shape index (κ1) is 15.7. The normalized spacial score (nSPS) is 14.5. The number of hydrogen-bond acceptors (Lipinski definition) is 5. The van der Waals surface area contributed by atoms with Crippen molar-refractivity contribution in [2.45, 2.75) is 32.0 Å². The SMILES string of the molecule is OCCN(Cc1csc(COc2ccc(Cl)cc2)n1)C1CC1. The molecule has 1 aromatic heterocycles. The maximum Gasteiger partial charge on any atom is 0.140 e. The van der Waals surface area contributed by atoms with Gasteiger partial charge in [-0.3, -0.25) is 4.90 Å². The lowest BCUT2D eigenvalue weighted by molar-refractivity contribution is 0.182. The summed E-state index contributed by atoms with van der Waals surface area (Å²) >= 11 is 7.46. The van der Waals surface area contributed by atoms with Crippen LogP contribution in [0.4, 0.5) is 0 Å². The van der Waals surface area contributed by atoms with E-state index in [0.717, 1.165) is 29.5 Å². The number of hydrogen-bond donors (Lipinski definition) is 1. The molecular weight excluding hydrogens is 320 g/mol. The molecule has 2 aromatic rings. The third-order valence-electron chi connectivity index (χ3n) is 3.59. The summed E-state index contributed by atoms with van der Waals surface area (Å²) in [6.07, 6.45) is 2.47. The molecular formula is C16H19ClN2O2S. The van der Waals surface area contributed by atoms with E-state index in [1.165, 1.54) is 12.8 Å². The molecule has 0 bridgehead atoms. The lowest BCUT2D eigenvalue weighted by Gasteiger charge is -2.19. The first-order valence-corrected chi connectivity index (χ1v) is 8.67. The van der Waals surface area contributed by atoms with Crippen molar-refractivity contribution in [2.75, 3.05) is 13.2 Å². The summed E-state index contributed by atoms with van der Waals surface area (Å²) in [5, 5.41) is 12.9. The first-order valence-electron chi connectivity index (χ1n) is 7.41. The molecule has 0 saturated heterocycles. The Morgan fingerprint density at radius 3 is 2.77 bits per heavy atom. The van der Waals surface area contributed by atoms with Crippen LogP contribution in [0.2, 0.25) is 5.02 Å². The highest BCUT2D eigenvalue weighted by Gasteiger charge is 2.28. The summed E-state index contributed by atoms with van der Waals surface area (Å²) < 4.78 is 5.71. The number of nitrogens with zero attached hydrogens (tertiary/aromatic N) is 2. The van der Waals surface area contributed by atoms with E-state index >= 15 is 0 Å². The quantitative estimate of drug-likeness (QED) is 0.802. The number of benzene rings is 1. The van der Waals surface area contributed by atoms with Crippen LogP contribution in [0.25, 0.3) is 0 Å². The van der Waals surface area contributed by atoms with Gasteiger partial charge in [0.15, 0.2) is 0 Å². The molecule has 118 valence electrons. The van der Waals surface area contributed by atoms with E-state index in [0.29, 0.717) is 17.7 Å². The van der Waals surface area contributed by atoms with Crippen LogP contribution in [0, 0.1) is 0 Å². The fraction of sp³-hybridized carbons (Fsp3) is 0.438. The average molecular weight is 339 g/mol. The number of halogens is 1. The van der Waals surface area contributed by atoms with Crippen LogP contribution in [0.3, 0.4) is 0 Å². The van der Waals surface area contributed by atoms with E-state index in [-0.39, 0.29) is 6.61 Å². The van der Waals surface area contributed by atoms with Gasteiger partial charge >= 0.3 is 0 Å². The van der Waals surface area contributed by atoms with Crippen molar-refractivity contribution >= 4 is 22.9 Å². The van der Waals surface area contributed by atoms with Crippen molar-refractivity contribution in [3.05, 3.63) is 45.4 Å². The van der Waals surface area contributed by atoms with Gasteiger partial charge in [0.2, 0.25) is 0 Å². The molecule has 22 heavy (non-hydrogen) atoms. The van der Waals surface area contributed by atoms with Gasteiger partial charge in [-0.1, -0.05) is 11.6 Å². The predicted molar refractivity (Wildman–Crippen MR) is 88.4 cm³/mol. The maximum atomic E-state index is 9.14. The summed E-state index contributed by atoms with van der Waals surface area (Å²) in [5.74, 6) is 0.793. The van der Waals surface area contributed by atoms with Crippen LogP contribution in [-0.4, -0.2) is 34.2 Å². The zero-order valence-corrected chi connectivity index (χ0v) is 13.8. The third-order valence-corrected chi connectivity index (χ3v) is 4.71. The van der Waals surface area contributed by atoms with Crippen LogP contribution < -0.4 is 4.74 Å². The number of ether oxygens (including phenoxy) is 1. The fourth-order valence-corrected chi connectivity index (χ4v) is 3.15. The van der Waals surface area contributed by atoms with E-state index in [4.69, 9.17) is 21.4 Å². The minimum atomic E-state index is 0.202. The highest BCUT2D eigenvalue weighted by molar-refractivity contribution is 7.09. The second-order valence-electron chi connectivity index (χ2n) is 5.40. The Hall–Kier alpha value is -1.14. The van der Waals surface area contributed by atoms with Crippen LogP contribution in [-0.2, 0) is 13.2 Å². The van der Waals surface area contributed by atoms with Gasteiger partial charge in [-0.25, -0.2) is 4.98 Å². The van der Waals surface area contributed by atoms with Crippen LogP contribution in [0.5, 0.6) is 5.75 Å².